The highest BCUT2D eigenvalue weighted by Gasteiger charge is 2.29. The van der Waals surface area contributed by atoms with Crippen molar-refractivity contribution in [1.29, 1.82) is 0 Å². The lowest BCUT2D eigenvalue weighted by atomic mass is 10.1. The molecule has 7 nitrogen and oxygen atoms in total. The summed E-state index contributed by atoms with van der Waals surface area (Å²) in [5, 5.41) is 25.4. The standard InChI is InChI=1S/C21H25N3O4/c25-17-10-8-16(9-11-17)20(27)23-18-14-24(12-4-7-19(18)26)21(28)22-13-15-5-2-1-3-6-15/h1-3,5-6,8-11,18-19,25-26H,4,7,12-14H2,(H,22,28)(H,23,27)/t18-,19-/m1/s1. The van der Waals surface area contributed by atoms with E-state index in [4.69, 9.17) is 0 Å². The number of aliphatic hydroxyl groups is 1. The van der Waals surface area contributed by atoms with E-state index in [-0.39, 0.29) is 24.2 Å². The first kappa shape index (κ1) is 19.7. The minimum Gasteiger partial charge on any atom is -0.508 e. The van der Waals surface area contributed by atoms with Crippen LogP contribution in [0.5, 0.6) is 5.75 Å². The van der Waals surface area contributed by atoms with E-state index in [1.807, 2.05) is 30.3 Å². The van der Waals surface area contributed by atoms with Crippen molar-refractivity contribution >= 4 is 11.9 Å². The zero-order valence-electron chi connectivity index (χ0n) is 15.5. The van der Waals surface area contributed by atoms with Gasteiger partial charge in [0.15, 0.2) is 0 Å². The number of amides is 3. The van der Waals surface area contributed by atoms with E-state index in [0.29, 0.717) is 31.5 Å². The Labute approximate surface area is 164 Å². The van der Waals surface area contributed by atoms with Crippen molar-refractivity contribution in [2.75, 3.05) is 13.1 Å². The number of benzene rings is 2. The smallest absolute Gasteiger partial charge is 0.317 e. The molecule has 0 aromatic heterocycles. The van der Waals surface area contributed by atoms with Crippen LogP contribution < -0.4 is 10.6 Å². The Morgan fingerprint density at radius 2 is 1.79 bits per heavy atom. The summed E-state index contributed by atoms with van der Waals surface area (Å²) in [6.07, 6.45) is 0.432. The van der Waals surface area contributed by atoms with Crippen LogP contribution >= 0.6 is 0 Å². The topological polar surface area (TPSA) is 102 Å². The Morgan fingerprint density at radius 3 is 2.50 bits per heavy atom. The Hall–Kier alpha value is -3.06. The minimum atomic E-state index is -0.729. The number of carbonyl (C=O) groups excluding carboxylic acids is 2. The number of aliphatic hydroxyl groups excluding tert-OH is 1. The zero-order chi connectivity index (χ0) is 19.9. The van der Waals surface area contributed by atoms with Crippen molar-refractivity contribution in [3.8, 4) is 5.75 Å². The lowest BCUT2D eigenvalue weighted by molar-refractivity contribution is 0.0809. The monoisotopic (exact) mass is 383 g/mol. The summed E-state index contributed by atoms with van der Waals surface area (Å²) < 4.78 is 0. The first-order valence-corrected chi connectivity index (χ1v) is 9.37. The normalized spacial score (nSPS) is 19.5. The van der Waals surface area contributed by atoms with Crippen LogP contribution in [0.2, 0.25) is 0 Å². The molecular weight excluding hydrogens is 358 g/mol. The second-order valence-electron chi connectivity index (χ2n) is 6.93. The highest BCUT2D eigenvalue weighted by Crippen LogP contribution is 2.14. The second-order valence-corrected chi connectivity index (χ2v) is 6.93. The maximum absolute atomic E-state index is 12.6. The van der Waals surface area contributed by atoms with Crippen LogP contribution in [-0.4, -0.2) is 52.3 Å². The van der Waals surface area contributed by atoms with Crippen LogP contribution in [-0.2, 0) is 6.54 Å². The van der Waals surface area contributed by atoms with E-state index in [2.05, 4.69) is 10.6 Å². The third-order valence-corrected chi connectivity index (χ3v) is 4.83. The van der Waals surface area contributed by atoms with Gasteiger partial charge in [0.25, 0.3) is 5.91 Å². The SMILES string of the molecule is O=C(N[C@@H]1CN(C(=O)NCc2ccccc2)CCC[C@H]1O)c1ccc(O)cc1. The van der Waals surface area contributed by atoms with Gasteiger partial charge >= 0.3 is 6.03 Å². The van der Waals surface area contributed by atoms with E-state index in [0.717, 1.165) is 5.56 Å². The molecule has 0 aliphatic carbocycles. The van der Waals surface area contributed by atoms with Crippen LogP contribution in [0.3, 0.4) is 0 Å². The quantitative estimate of drug-likeness (QED) is 0.647. The Kier molecular flexibility index (Phi) is 6.49. The zero-order valence-corrected chi connectivity index (χ0v) is 15.5. The molecular formula is C21H25N3O4. The highest BCUT2D eigenvalue weighted by atomic mass is 16.3. The number of phenols is 1. The summed E-state index contributed by atoms with van der Waals surface area (Å²) >= 11 is 0. The number of hydrogen-bond acceptors (Lipinski definition) is 4. The maximum atomic E-state index is 12.6. The molecule has 0 spiro atoms. The third-order valence-electron chi connectivity index (χ3n) is 4.83. The summed E-state index contributed by atoms with van der Waals surface area (Å²) in [5.74, 6) is -0.275. The van der Waals surface area contributed by atoms with Gasteiger partial charge in [0.05, 0.1) is 12.1 Å². The fourth-order valence-electron chi connectivity index (χ4n) is 3.22. The van der Waals surface area contributed by atoms with Gasteiger partial charge in [0.2, 0.25) is 0 Å². The molecule has 1 aliphatic heterocycles. The average molecular weight is 383 g/mol. The molecule has 1 fully saturated rings. The lowest BCUT2D eigenvalue weighted by Gasteiger charge is -2.27. The fourth-order valence-corrected chi connectivity index (χ4v) is 3.22. The van der Waals surface area contributed by atoms with Gasteiger partial charge in [-0.1, -0.05) is 30.3 Å². The van der Waals surface area contributed by atoms with E-state index >= 15 is 0 Å². The van der Waals surface area contributed by atoms with Gasteiger partial charge in [-0.25, -0.2) is 4.79 Å². The summed E-state index contributed by atoms with van der Waals surface area (Å²) in [6, 6.07) is 14.7. The molecule has 0 unspecified atom stereocenters. The second kappa shape index (κ2) is 9.23. The minimum absolute atomic E-state index is 0.0762. The Morgan fingerprint density at radius 1 is 1.07 bits per heavy atom. The molecule has 0 radical (unpaired) electrons. The largest absolute Gasteiger partial charge is 0.508 e. The maximum Gasteiger partial charge on any atom is 0.317 e. The predicted octanol–water partition coefficient (Wildman–Crippen LogP) is 1.86. The number of nitrogens with one attached hydrogen (secondary N) is 2. The van der Waals surface area contributed by atoms with Gasteiger partial charge in [0.1, 0.15) is 5.75 Å². The predicted molar refractivity (Wildman–Crippen MR) is 105 cm³/mol. The van der Waals surface area contributed by atoms with Crippen LogP contribution in [0.4, 0.5) is 4.79 Å². The summed E-state index contributed by atoms with van der Waals surface area (Å²) in [4.78, 5) is 26.6. The van der Waals surface area contributed by atoms with Crippen molar-refractivity contribution in [2.24, 2.45) is 0 Å². The first-order chi connectivity index (χ1) is 13.5. The average Bonchev–Trinajstić information content (AvgIpc) is 2.89. The molecule has 3 rings (SSSR count). The molecule has 7 heteroatoms. The molecule has 1 aliphatic rings. The number of nitrogens with zero attached hydrogens (tertiary/aromatic N) is 1. The Bertz CT molecular complexity index is 795. The van der Waals surface area contributed by atoms with Gasteiger partial charge in [-0.15, -0.1) is 0 Å². The molecule has 1 heterocycles. The highest BCUT2D eigenvalue weighted by molar-refractivity contribution is 5.94. The van der Waals surface area contributed by atoms with Gasteiger partial charge in [-0.3, -0.25) is 4.79 Å². The molecule has 0 saturated carbocycles. The van der Waals surface area contributed by atoms with Crippen LogP contribution in [0.15, 0.2) is 54.6 Å². The number of rotatable bonds is 4. The van der Waals surface area contributed by atoms with Crippen molar-refractivity contribution in [3.05, 3.63) is 65.7 Å². The molecule has 0 bridgehead atoms. The van der Waals surface area contributed by atoms with Gasteiger partial charge in [-0.05, 0) is 42.7 Å². The first-order valence-electron chi connectivity index (χ1n) is 9.37. The van der Waals surface area contributed by atoms with Crippen LogP contribution in [0.1, 0.15) is 28.8 Å². The molecule has 4 N–H and O–H groups in total. The van der Waals surface area contributed by atoms with Crippen molar-refractivity contribution in [3.63, 3.8) is 0 Å². The van der Waals surface area contributed by atoms with E-state index in [1.54, 1.807) is 4.90 Å². The van der Waals surface area contributed by atoms with Gasteiger partial charge in [-0.2, -0.15) is 0 Å². The number of carbonyl (C=O) groups is 2. The number of likely N-dealkylation sites (tertiary alicyclic amines) is 1. The van der Waals surface area contributed by atoms with E-state index < -0.39 is 12.1 Å². The Balaban J connectivity index is 1.60. The molecule has 2 aromatic rings. The van der Waals surface area contributed by atoms with Crippen molar-refractivity contribution in [1.82, 2.24) is 15.5 Å². The molecule has 1 saturated heterocycles. The van der Waals surface area contributed by atoms with Crippen LogP contribution in [0, 0.1) is 0 Å². The van der Waals surface area contributed by atoms with E-state index in [9.17, 15) is 19.8 Å². The molecule has 28 heavy (non-hydrogen) atoms. The number of hydrogen-bond donors (Lipinski definition) is 4. The summed E-state index contributed by atoms with van der Waals surface area (Å²) in [5.41, 5.74) is 1.39. The number of phenolic OH excluding ortho intramolecular Hbond substituents is 1. The van der Waals surface area contributed by atoms with Crippen LogP contribution in [0.25, 0.3) is 0 Å². The molecule has 148 valence electrons. The summed E-state index contributed by atoms with van der Waals surface area (Å²) in [7, 11) is 0. The van der Waals surface area contributed by atoms with E-state index in [1.165, 1.54) is 24.3 Å². The number of urea groups is 1. The molecule has 2 aromatic carbocycles. The summed E-state index contributed by atoms with van der Waals surface area (Å²) in [6.45, 7) is 1.16. The van der Waals surface area contributed by atoms with Crippen molar-refractivity contribution in [2.45, 2.75) is 31.5 Å². The van der Waals surface area contributed by atoms with Gasteiger partial charge in [0, 0.05) is 25.2 Å². The third kappa shape index (κ3) is 5.23. The fraction of sp³-hybridized carbons (Fsp3) is 0.333. The van der Waals surface area contributed by atoms with Crippen molar-refractivity contribution < 1.29 is 19.8 Å². The molecule has 3 amide bonds. The lowest BCUT2D eigenvalue weighted by Crippen LogP contribution is -2.51. The molecule has 2 atom stereocenters. The number of aromatic hydroxyl groups is 1. The van der Waals surface area contributed by atoms with Gasteiger partial charge < -0.3 is 25.7 Å².